The van der Waals surface area contributed by atoms with Gasteiger partial charge in [0.05, 0.1) is 28.8 Å². The van der Waals surface area contributed by atoms with E-state index >= 15 is 0 Å². The Morgan fingerprint density at radius 2 is 1.85 bits per heavy atom. The van der Waals surface area contributed by atoms with Gasteiger partial charge in [-0.05, 0) is 73.7 Å². The van der Waals surface area contributed by atoms with Crippen LogP contribution in [0.4, 0.5) is 5.69 Å². The van der Waals surface area contributed by atoms with E-state index in [1.165, 1.54) is 11.3 Å². The Hall–Kier alpha value is -4.46. The zero-order valence-electron chi connectivity index (χ0n) is 21.9. The lowest BCUT2D eigenvalue weighted by Gasteiger charge is -2.33. The summed E-state index contributed by atoms with van der Waals surface area (Å²) in [5.41, 5.74) is 7.90. The van der Waals surface area contributed by atoms with Crippen molar-refractivity contribution in [1.29, 1.82) is 0 Å². The van der Waals surface area contributed by atoms with Gasteiger partial charge in [-0.1, -0.05) is 25.0 Å². The molecule has 3 aromatic heterocycles. The van der Waals surface area contributed by atoms with Crippen LogP contribution in [0.15, 0.2) is 84.7 Å². The molecule has 2 unspecified atom stereocenters. The van der Waals surface area contributed by atoms with Crippen LogP contribution >= 0.6 is 0 Å². The lowest BCUT2D eigenvalue weighted by molar-refractivity contribution is -0.119. The number of carbonyl (C=O) groups is 1. The quantitative estimate of drug-likeness (QED) is 0.280. The van der Waals surface area contributed by atoms with E-state index in [1.807, 2.05) is 30.7 Å². The van der Waals surface area contributed by atoms with Gasteiger partial charge in [0.25, 0.3) is 0 Å². The molecule has 8 heteroatoms. The maximum absolute atomic E-state index is 12.7. The van der Waals surface area contributed by atoms with Crippen LogP contribution < -0.4 is 16.0 Å². The number of fused-ring (bicyclic) bond motifs is 1. The van der Waals surface area contributed by atoms with Gasteiger partial charge in [-0.2, -0.15) is 5.10 Å². The number of rotatable bonds is 5. The van der Waals surface area contributed by atoms with Crippen molar-refractivity contribution >= 4 is 22.5 Å². The van der Waals surface area contributed by atoms with Gasteiger partial charge in [-0.3, -0.25) is 19.9 Å². The molecule has 39 heavy (non-hydrogen) atoms. The number of aromatic amines is 1. The summed E-state index contributed by atoms with van der Waals surface area (Å²) in [5.74, 6) is 0.210. The normalized spacial score (nSPS) is 22.5. The topological polar surface area (TPSA) is 108 Å². The number of allylic oxidation sites excluding steroid dienone is 3. The first-order chi connectivity index (χ1) is 19.1. The number of hydrogen-bond donors (Lipinski definition) is 4. The van der Waals surface area contributed by atoms with Gasteiger partial charge in [-0.25, -0.2) is 0 Å². The average Bonchev–Trinajstić information content (AvgIpc) is 3.74. The van der Waals surface area contributed by atoms with Gasteiger partial charge >= 0.3 is 0 Å². The van der Waals surface area contributed by atoms with Gasteiger partial charge < -0.3 is 16.0 Å². The summed E-state index contributed by atoms with van der Waals surface area (Å²) in [4.78, 5) is 21.3. The lowest BCUT2D eigenvalue weighted by Crippen LogP contribution is -2.33. The average molecular weight is 518 g/mol. The number of aromatic nitrogens is 4. The molecule has 1 saturated carbocycles. The molecule has 0 saturated heterocycles. The van der Waals surface area contributed by atoms with Gasteiger partial charge in [-0.15, -0.1) is 0 Å². The van der Waals surface area contributed by atoms with Gasteiger partial charge in [0.1, 0.15) is 6.17 Å². The molecule has 2 aliphatic carbocycles. The van der Waals surface area contributed by atoms with Crippen LogP contribution in [0, 0.1) is 5.92 Å². The molecule has 0 bridgehead atoms. The third kappa shape index (κ3) is 4.16. The number of hydrogen-bond acceptors (Lipinski definition) is 6. The first-order valence-electron chi connectivity index (χ1n) is 13.7. The molecule has 1 aromatic carbocycles. The Balaban J connectivity index is 1.17. The van der Waals surface area contributed by atoms with Gasteiger partial charge in [0, 0.05) is 46.6 Å². The second-order valence-electron chi connectivity index (χ2n) is 11.0. The molecule has 1 amide bonds. The predicted molar refractivity (Wildman–Crippen MR) is 151 cm³/mol. The molecule has 1 aliphatic heterocycles. The molecule has 4 N–H and O–H groups in total. The summed E-state index contributed by atoms with van der Waals surface area (Å²) in [7, 11) is 0. The maximum Gasteiger partial charge on any atom is 0.227 e. The first kappa shape index (κ1) is 23.6. The third-order valence-corrected chi connectivity index (χ3v) is 8.47. The third-order valence-electron chi connectivity index (χ3n) is 8.47. The van der Waals surface area contributed by atoms with E-state index in [0.717, 1.165) is 71.2 Å². The van der Waals surface area contributed by atoms with Gasteiger partial charge in [0.15, 0.2) is 0 Å². The largest absolute Gasteiger partial charge is 0.361 e. The Bertz CT molecular complexity index is 1620. The summed E-state index contributed by atoms with van der Waals surface area (Å²) >= 11 is 0. The van der Waals surface area contributed by atoms with E-state index in [0.29, 0.717) is 0 Å². The molecule has 4 aromatic rings. The summed E-state index contributed by atoms with van der Waals surface area (Å²) < 4.78 is 0. The second-order valence-corrected chi connectivity index (χ2v) is 11.0. The summed E-state index contributed by atoms with van der Waals surface area (Å²) in [5, 5.41) is 19.4. The highest BCUT2D eigenvalue weighted by Gasteiger charge is 2.40. The van der Waals surface area contributed by atoms with Crippen molar-refractivity contribution in [3.05, 3.63) is 96.0 Å². The molecule has 8 nitrogen and oxygen atoms in total. The smallest absolute Gasteiger partial charge is 0.227 e. The number of amides is 1. The van der Waals surface area contributed by atoms with Crippen LogP contribution in [0.2, 0.25) is 0 Å². The van der Waals surface area contributed by atoms with Crippen LogP contribution in [-0.2, 0) is 10.2 Å². The second kappa shape index (κ2) is 9.38. The lowest BCUT2D eigenvalue weighted by atomic mass is 9.74. The molecular weight excluding hydrogens is 486 g/mol. The van der Waals surface area contributed by atoms with Crippen molar-refractivity contribution in [2.45, 2.75) is 50.6 Å². The van der Waals surface area contributed by atoms with Crippen molar-refractivity contribution in [3.63, 3.8) is 0 Å². The van der Waals surface area contributed by atoms with Crippen LogP contribution in [0.25, 0.3) is 22.0 Å². The van der Waals surface area contributed by atoms with Crippen molar-refractivity contribution < 1.29 is 4.79 Å². The Morgan fingerprint density at radius 1 is 1.00 bits per heavy atom. The molecule has 196 valence electrons. The van der Waals surface area contributed by atoms with E-state index in [9.17, 15) is 4.79 Å². The Labute approximate surface area is 227 Å². The predicted octanol–water partition coefficient (Wildman–Crippen LogP) is 5.47. The number of nitrogens with zero attached hydrogens (tertiary/aromatic N) is 3. The van der Waals surface area contributed by atoms with E-state index in [-0.39, 0.29) is 23.4 Å². The minimum atomic E-state index is -0.176. The zero-order valence-corrected chi connectivity index (χ0v) is 21.9. The molecule has 4 heterocycles. The Kier molecular flexibility index (Phi) is 5.68. The minimum absolute atomic E-state index is 0.0988. The molecule has 3 aliphatic rings. The fourth-order valence-electron chi connectivity index (χ4n) is 6.24. The molecule has 7 rings (SSSR count). The highest BCUT2D eigenvalue weighted by Crippen LogP contribution is 2.42. The SMILES string of the molecule is CC1(c2ccncc2)CC=CC2=C1NC(c1[nH]nc3ccc(-c4cncc(NC(=O)C5CCCC5)c4)cc13)N2. The number of nitrogens with one attached hydrogen (secondary N) is 4. The minimum Gasteiger partial charge on any atom is -0.361 e. The van der Waals surface area contributed by atoms with Gasteiger partial charge in [0.2, 0.25) is 5.91 Å². The summed E-state index contributed by atoms with van der Waals surface area (Å²) in [6.45, 7) is 2.27. The highest BCUT2D eigenvalue weighted by molar-refractivity contribution is 5.93. The van der Waals surface area contributed by atoms with E-state index in [2.05, 4.69) is 79.5 Å². The summed E-state index contributed by atoms with van der Waals surface area (Å²) in [6, 6.07) is 12.4. The van der Waals surface area contributed by atoms with Crippen molar-refractivity contribution in [2.75, 3.05) is 5.32 Å². The molecular formula is C31H31N7O. The van der Waals surface area contributed by atoms with E-state index in [1.54, 1.807) is 6.20 Å². The number of pyridine rings is 2. The number of anilines is 1. The summed E-state index contributed by atoms with van der Waals surface area (Å²) in [6.07, 6.45) is 16.6. The monoisotopic (exact) mass is 517 g/mol. The van der Waals surface area contributed by atoms with E-state index in [4.69, 9.17) is 0 Å². The highest BCUT2D eigenvalue weighted by atomic mass is 16.1. The number of carbonyl (C=O) groups excluding carboxylic acids is 1. The first-order valence-corrected chi connectivity index (χ1v) is 13.7. The van der Waals surface area contributed by atoms with Crippen molar-refractivity contribution in [1.82, 2.24) is 30.8 Å². The zero-order chi connectivity index (χ0) is 26.4. The maximum atomic E-state index is 12.7. The van der Waals surface area contributed by atoms with Crippen LogP contribution in [0.1, 0.15) is 56.5 Å². The van der Waals surface area contributed by atoms with Crippen molar-refractivity contribution in [2.24, 2.45) is 5.92 Å². The molecule has 0 radical (unpaired) electrons. The van der Waals surface area contributed by atoms with E-state index < -0.39 is 0 Å². The molecule has 2 atom stereocenters. The van der Waals surface area contributed by atoms with Crippen LogP contribution in [0.3, 0.4) is 0 Å². The molecule has 0 spiro atoms. The number of benzene rings is 1. The van der Waals surface area contributed by atoms with Crippen LogP contribution in [-0.4, -0.2) is 26.1 Å². The fourth-order valence-corrected chi connectivity index (χ4v) is 6.24. The number of H-pyrrole nitrogens is 1. The van der Waals surface area contributed by atoms with Crippen LogP contribution in [0.5, 0.6) is 0 Å². The standard InChI is InChI=1S/C31H31N7O/c1-31(22-10-13-32-14-11-22)12-4-7-26-28(31)36-29(35-26)27-24-16-20(8-9-25(24)37-38-27)21-15-23(18-33-17-21)34-30(39)19-5-2-3-6-19/h4,7-11,13-19,29,35-36H,2-3,5-6,12H2,1H3,(H,34,39)(H,37,38). The Morgan fingerprint density at radius 3 is 2.69 bits per heavy atom. The van der Waals surface area contributed by atoms with Crippen molar-refractivity contribution in [3.8, 4) is 11.1 Å². The fraction of sp³-hybridized carbons (Fsp3) is 0.290. The molecule has 1 fully saturated rings.